The zero-order valence-corrected chi connectivity index (χ0v) is 7.86. The first-order chi connectivity index (χ1) is 5.73. The third-order valence-corrected chi connectivity index (χ3v) is 3.45. The number of rotatable bonds is 0. The summed E-state index contributed by atoms with van der Waals surface area (Å²) in [6.07, 6.45) is 9.19. The van der Waals surface area contributed by atoms with Crippen LogP contribution in [0.25, 0.3) is 0 Å². The van der Waals surface area contributed by atoms with Gasteiger partial charge in [-0.15, -0.1) is 0 Å². The molecule has 2 saturated carbocycles. The van der Waals surface area contributed by atoms with Crippen LogP contribution in [-0.2, 0) is 0 Å². The molecule has 12 heavy (non-hydrogen) atoms. The van der Waals surface area contributed by atoms with Crippen LogP contribution in [0, 0.1) is 5.41 Å². The van der Waals surface area contributed by atoms with Gasteiger partial charge in [-0.2, -0.15) is 0 Å². The predicted octanol–water partition coefficient (Wildman–Crippen LogP) is 3.84. The zero-order valence-electron chi connectivity index (χ0n) is 7.86. The predicted molar refractivity (Wildman–Crippen MR) is 53.0 cm³/mol. The number of hydrogen-bond acceptors (Lipinski definition) is 0. The van der Waals surface area contributed by atoms with Crippen molar-refractivity contribution < 1.29 is 0 Å². The Morgan fingerprint density at radius 1 is 1.00 bits per heavy atom. The highest BCUT2D eigenvalue weighted by molar-refractivity contribution is 5.23. The van der Waals surface area contributed by atoms with E-state index in [4.69, 9.17) is 0 Å². The maximum absolute atomic E-state index is 4.22. The van der Waals surface area contributed by atoms with Crippen LogP contribution in [0.1, 0.15) is 44.9 Å². The van der Waals surface area contributed by atoms with Gasteiger partial charge in [-0.05, 0) is 50.4 Å². The Morgan fingerprint density at radius 2 is 1.67 bits per heavy atom. The van der Waals surface area contributed by atoms with E-state index in [1.807, 2.05) is 0 Å². The molecule has 0 aromatic heterocycles. The molecule has 0 unspecified atom stereocenters. The van der Waals surface area contributed by atoms with Crippen molar-refractivity contribution in [2.24, 2.45) is 5.41 Å². The van der Waals surface area contributed by atoms with Gasteiger partial charge in [-0.25, -0.2) is 0 Å². The highest BCUT2D eigenvalue weighted by atomic mass is 14.5. The van der Waals surface area contributed by atoms with Crippen LogP contribution in [-0.4, -0.2) is 0 Å². The van der Waals surface area contributed by atoms with Crippen molar-refractivity contribution in [3.05, 3.63) is 24.3 Å². The molecule has 0 saturated heterocycles. The fraction of sp³-hybridized carbons (Fsp3) is 0.667. The summed E-state index contributed by atoms with van der Waals surface area (Å²) in [5, 5.41) is 0. The minimum absolute atomic E-state index is 0.539. The minimum atomic E-state index is 0.539. The van der Waals surface area contributed by atoms with Crippen molar-refractivity contribution in [2.45, 2.75) is 44.9 Å². The van der Waals surface area contributed by atoms with Crippen molar-refractivity contribution in [1.82, 2.24) is 0 Å². The van der Waals surface area contributed by atoms with Gasteiger partial charge in [0, 0.05) is 0 Å². The van der Waals surface area contributed by atoms with E-state index in [9.17, 15) is 0 Å². The van der Waals surface area contributed by atoms with Gasteiger partial charge in [-0.3, -0.25) is 0 Å². The molecule has 0 radical (unpaired) electrons. The monoisotopic (exact) mass is 162 g/mol. The highest BCUT2D eigenvalue weighted by Gasteiger charge is 2.44. The largest absolute Gasteiger partial charge is 0.0998 e. The van der Waals surface area contributed by atoms with Crippen LogP contribution in [0.3, 0.4) is 0 Å². The molecule has 0 nitrogen and oxygen atoms in total. The van der Waals surface area contributed by atoms with E-state index in [0.29, 0.717) is 5.41 Å². The van der Waals surface area contributed by atoms with Crippen LogP contribution in [0.2, 0.25) is 0 Å². The standard InChI is InChI=1S/C12H18/c1-10-5-3-4-6-11(2)12(9-10)7-8-12/h1-9H2. The molecule has 2 rings (SSSR count). The molecule has 0 heteroatoms. The molecule has 2 fully saturated rings. The smallest absolute Gasteiger partial charge is 0.00531 e. The van der Waals surface area contributed by atoms with E-state index in [0.717, 1.165) is 0 Å². The topological polar surface area (TPSA) is 0 Å². The quantitative estimate of drug-likeness (QED) is 0.475. The normalized spacial score (nSPS) is 28.3. The summed E-state index contributed by atoms with van der Waals surface area (Å²) in [7, 11) is 0. The summed E-state index contributed by atoms with van der Waals surface area (Å²) in [6, 6.07) is 0. The Kier molecular flexibility index (Phi) is 1.86. The lowest BCUT2D eigenvalue weighted by molar-refractivity contribution is 0.517. The molecule has 66 valence electrons. The van der Waals surface area contributed by atoms with E-state index in [2.05, 4.69) is 13.2 Å². The molecule has 0 aromatic rings. The van der Waals surface area contributed by atoms with Crippen molar-refractivity contribution in [3.63, 3.8) is 0 Å². The molecule has 0 amide bonds. The Hall–Kier alpha value is -0.520. The molecule has 0 N–H and O–H groups in total. The lowest BCUT2D eigenvalue weighted by Gasteiger charge is -2.22. The summed E-state index contributed by atoms with van der Waals surface area (Å²) < 4.78 is 0. The van der Waals surface area contributed by atoms with E-state index >= 15 is 0 Å². The van der Waals surface area contributed by atoms with Crippen molar-refractivity contribution in [2.75, 3.05) is 0 Å². The van der Waals surface area contributed by atoms with Crippen LogP contribution in [0.4, 0.5) is 0 Å². The summed E-state index contributed by atoms with van der Waals surface area (Å²) in [5.74, 6) is 0. The second-order valence-corrected chi connectivity index (χ2v) is 4.52. The zero-order chi connectivity index (χ0) is 8.60. The molecule has 2 aliphatic rings. The molecule has 0 bridgehead atoms. The molecule has 0 aromatic carbocycles. The van der Waals surface area contributed by atoms with Gasteiger partial charge in [0.15, 0.2) is 0 Å². The summed E-state index contributed by atoms with van der Waals surface area (Å²) in [5.41, 5.74) is 3.52. The lowest BCUT2D eigenvalue weighted by Crippen LogP contribution is -2.08. The molecule has 0 atom stereocenters. The van der Waals surface area contributed by atoms with Crippen LogP contribution in [0.5, 0.6) is 0 Å². The Balaban J connectivity index is 2.09. The van der Waals surface area contributed by atoms with Gasteiger partial charge in [0.2, 0.25) is 0 Å². The molecule has 0 aliphatic heterocycles. The van der Waals surface area contributed by atoms with Gasteiger partial charge in [-0.1, -0.05) is 24.3 Å². The van der Waals surface area contributed by atoms with Crippen molar-refractivity contribution >= 4 is 0 Å². The Morgan fingerprint density at radius 3 is 2.33 bits per heavy atom. The van der Waals surface area contributed by atoms with Gasteiger partial charge in [0.25, 0.3) is 0 Å². The van der Waals surface area contributed by atoms with Gasteiger partial charge in [0.1, 0.15) is 0 Å². The number of allylic oxidation sites excluding steroid dienone is 2. The fourth-order valence-electron chi connectivity index (χ4n) is 2.35. The van der Waals surface area contributed by atoms with Gasteiger partial charge < -0.3 is 0 Å². The van der Waals surface area contributed by atoms with Gasteiger partial charge in [0.05, 0.1) is 0 Å². The van der Waals surface area contributed by atoms with Crippen molar-refractivity contribution in [1.29, 1.82) is 0 Å². The molecular weight excluding hydrogens is 144 g/mol. The van der Waals surface area contributed by atoms with Crippen LogP contribution in [0.15, 0.2) is 24.3 Å². The maximum atomic E-state index is 4.22. The first-order valence-electron chi connectivity index (χ1n) is 5.08. The maximum Gasteiger partial charge on any atom is -0.00531 e. The van der Waals surface area contributed by atoms with Crippen LogP contribution >= 0.6 is 0 Å². The highest BCUT2D eigenvalue weighted by Crippen LogP contribution is 2.57. The van der Waals surface area contributed by atoms with E-state index in [1.165, 1.54) is 56.1 Å². The van der Waals surface area contributed by atoms with Gasteiger partial charge >= 0.3 is 0 Å². The molecule has 1 spiro atoms. The Labute approximate surface area is 75.4 Å². The van der Waals surface area contributed by atoms with E-state index in [1.54, 1.807) is 0 Å². The second kappa shape index (κ2) is 2.76. The summed E-state index contributed by atoms with van der Waals surface area (Å²) in [4.78, 5) is 0. The SMILES string of the molecule is C=C1CCCCC(=C)C2(CC2)C1. The second-order valence-electron chi connectivity index (χ2n) is 4.52. The molecular formula is C12H18. The average molecular weight is 162 g/mol. The third-order valence-electron chi connectivity index (χ3n) is 3.45. The Bertz CT molecular complexity index is 218. The molecule has 2 aliphatic carbocycles. The van der Waals surface area contributed by atoms with Crippen LogP contribution < -0.4 is 0 Å². The third kappa shape index (κ3) is 1.35. The van der Waals surface area contributed by atoms with E-state index < -0.39 is 0 Å². The minimum Gasteiger partial charge on any atom is -0.0998 e. The average Bonchev–Trinajstić information content (AvgIpc) is 2.77. The fourth-order valence-corrected chi connectivity index (χ4v) is 2.35. The first-order valence-corrected chi connectivity index (χ1v) is 5.08. The lowest BCUT2D eigenvalue weighted by atomic mass is 9.83. The van der Waals surface area contributed by atoms with E-state index in [-0.39, 0.29) is 0 Å². The summed E-state index contributed by atoms with van der Waals surface area (Å²) in [6.45, 7) is 8.37. The number of hydrogen-bond donors (Lipinski definition) is 0. The first kappa shape index (κ1) is 8.10. The van der Waals surface area contributed by atoms with Crippen molar-refractivity contribution in [3.8, 4) is 0 Å². The summed E-state index contributed by atoms with van der Waals surface area (Å²) >= 11 is 0. The molecule has 0 heterocycles.